The maximum Gasteiger partial charge on any atom is 0.309 e. The van der Waals surface area contributed by atoms with Crippen LogP contribution in [-0.4, -0.2) is 54.7 Å². The summed E-state index contributed by atoms with van der Waals surface area (Å²) < 4.78 is 28.3. The zero-order valence-corrected chi connectivity index (χ0v) is 22.4. The molecule has 2 rings (SSSR count). The summed E-state index contributed by atoms with van der Waals surface area (Å²) in [6.07, 6.45) is 1.13. The molecule has 0 saturated heterocycles. The molecule has 0 radical (unpaired) electrons. The van der Waals surface area contributed by atoms with Crippen molar-refractivity contribution < 1.29 is 38.1 Å². The van der Waals surface area contributed by atoms with E-state index >= 15 is 0 Å². The Morgan fingerprint density at radius 3 is 2.32 bits per heavy atom. The van der Waals surface area contributed by atoms with Gasteiger partial charge in [0.25, 0.3) is 0 Å². The first-order valence-electron chi connectivity index (χ1n) is 12.5. The first kappa shape index (κ1) is 29.8. The van der Waals surface area contributed by atoms with E-state index in [1.807, 2.05) is 44.2 Å². The normalized spacial score (nSPS) is 14.1. The van der Waals surface area contributed by atoms with Crippen LogP contribution in [0.5, 0.6) is 17.2 Å². The fourth-order valence-electron chi connectivity index (χ4n) is 3.71. The SMILES string of the molecule is CCCO[C@@H]([C@H](C)OC(=O)[C@H](C)CC(=O)c1nccc(OC)c1OC(C)=O)[C@H](CC)Oc1ccccc1. The number of carbonyl (C=O) groups is 3. The highest BCUT2D eigenvalue weighted by molar-refractivity contribution is 5.99. The van der Waals surface area contributed by atoms with Gasteiger partial charge in [-0.15, -0.1) is 0 Å². The van der Waals surface area contributed by atoms with Gasteiger partial charge in [0.15, 0.2) is 17.2 Å². The molecule has 0 aliphatic rings. The van der Waals surface area contributed by atoms with Gasteiger partial charge in [0, 0.05) is 32.2 Å². The molecule has 0 fully saturated rings. The number of benzene rings is 1. The number of pyridine rings is 1. The second kappa shape index (κ2) is 14.9. The lowest BCUT2D eigenvalue weighted by atomic mass is 10.0. The summed E-state index contributed by atoms with van der Waals surface area (Å²) >= 11 is 0. The summed E-state index contributed by atoms with van der Waals surface area (Å²) in [6, 6.07) is 10.9. The van der Waals surface area contributed by atoms with Crippen molar-refractivity contribution in [1.29, 1.82) is 0 Å². The predicted octanol–water partition coefficient (Wildman–Crippen LogP) is 4.81. The maximum atomic E-state index is 13.0. The summed E-state index contributed by atoms with van der Waals surface area (Å²) in [7, 11) is 1.39. The number of ketones is 1. The van der Waals surface area contributed by atoms with Crippen LogP contribution in [0.2, 0.25) is 0 Å². The molecule has 0 spiro atoms. The van der Waals surface area contributed by atoms with E-state index in [1.165, 1.54) is 26.3 Å². The number of ether oxygens (including phenoxy) is 5. The van der Waals surface area contributed by atoms with Gasteiger partial charge in [-0.2, -0.15) is 0 Å². The van der Waals surface area contributed by atoms with Crippen LogP contribution in [0.1, 0.15) is 64.4 Å². The Morgan fingerprint density at radius 1 is 1.03 bits per heavy atom. The second-order valence-electron chi connectivity index (χ2n) is 8.67. The molecule has 2 aromatic rings. The number of aromatic nitrogens is 1. The minimum absolute atomic E-state index is 0.0756. The number of Topliss-reactive ketones (excluding diaryl/α,β-unsaturated/α-hetero) is 1. The molecule has 0 unspecified atom stereocenters. The molecule has 1 heterocycles. The number of para-hydroxylation sites is 1. The zero-order valence-electron chi connectivity index (χ0n) is 22.4. The van der Waals surface area contributed by atoms with Crippen LogP contribution in [0.3, 0.4) is 0 Å². The van der Waals surface area contributed by atoms with E-state index in [0.717, 1.165) is 6.42 Å². The Kier molecular flexibility index (Phi) is 12.0. The molecular weight excluding hydrogens is 478 g/mol. The molecule has 9 heteroatoms. The monoisotopic (exact) mass is 515 g/mol. The van der Waals surface area contributed by atoms with Crippen molar-refractivity contribution in [3.8, 4) is 17.2 Å². The van der Waals surface area contributed by atoms with Gasteiger partial charge in [0.1, 0.15) is 24.1 Å². The number of rotatable bonds is 15. The Labute approximate surface area is 218 Å². The molecule has 0 aliphatic carbocycles. The first-order valence-corrected chi connectivity index (χ1v) is 12.5. The third kappa shape index (κ3) is 8.86. The lowest BCUT2D eigenvalue weighted by Gasteiger charge is -2.32. The number of hydrogen-bond acceptors (Lipinski definition) is 9. The van der Waals surface area contributed by atoms with Crippen molar-refractivity contribution in [3.63, 3.8) is 0 Å². The van der Waals surface area contributed by atoms with Crippen LogP contribution in [0, 0.1) is 5.92 Å². The maximum absolute atomic E-state index is 13.0. The van der Waals surface area contributed by atoms with E-state index in [2.05, 4.69) is 4.98 Å². The third-order valence-electron chi connectivity index (χ3n) is 5.57. The molecule has 1 aromatic heterocycles. The van der Waals surface area contributed by atoms with Crippen molar-refractivity contribution in [2.75, 3.05) is 13.7 Å². The van der Waals surface area contributed by atoms with Gasteiger partial charge >= 0.3 is 11.9 Å². The number of methoxy groups -OCH3 is 1. The van der Waals surface area contributed by atoms with Crippen molar-refractivity contribution in [1.82, 2.24) is 4.98 Å². The molecule has 0 amide bonds. The molecule has 9 nitrogen and oxygen atoms in total. The van der Waals surface area contributed by atoms with Crippen LogP contribution in [0.4, 0.5) is 0 Å². The summed E-state index contributed by atoms with van der Waals surface area (Å²) in [4.78, 5) is 41.5. The van der Waals surface area contributed by atoms with Crippen LogP contribution in [-0.2, 0) is 19.1 Å². The highest BCUT2D eigenvalue weighted by Crippen LogP contribution is 2.31. The molecule has 202 valence electrons. The molecule has 1 aromatic carbocycles. The van der Waals surface area contributed by atoms with Crippen LogP contribution >= 0.6 is 0 Å². The highest BCUT2D eigenvalue weighted by atomic mass is 16.6. The van der Waals surface area contributed by atoms with Crippen molar-refractivity contribution in [2.45, 2.75) is 72.2 Å². The van der Waals surface area contributed by atoms with E-state index in [-0.39, 0.29) is 29.7 Å². The molecule has 37 heavy (non-hydrogen) atoms. The molecule has 4 atom stereocenters. The largest absolute Gasteiger partial charge is 0.493 e. The highest BCUT2D eigenvalue weighted by Gasteiger charge is 2.33. The van der Waals surface area contributed by atoms with E-state index < -0.39 is 35.8 Å². The minimum Gasteiger partial charge on any atom is -0.493 e. The van der Waals surface area contributed by atoms with Gasteiger partial charge in [0.2, 0.25) is 5.75 Å². The van der Waals surface area contributed by atoms with E-state index in [9.17, 15) is 14.4 Å². The quantitative estimate of drug-likeness (QED) is 0.244. The van der Waals surface area contributed by atoms with E-state index in [4.69, 9.17) is 23.7 Å². The van der Waals surface area contributed by atoms with Gasteiger partial charge in [-0.1, -0.05) is 39.0 Å². The molecule has 0 bridgehead atoms. The Hall–Kier alpha value is -3.46. The van der Waals surface area contributed by atoms with E-state index in [1.54, 1.807) is 13.8 Å². The number of hydrogen-bond donors (Lipinski definition) is 0. The van der Waals surface area contributed by atoms with Gasteiger partial charge < -0.3 is 23.7 Å². The Bertz CT molecular complexity index is 1030. The van der Waals surface area contributed by atoms with Gasteiger partial charge in [-0.3, -0.25) is 14.4 Å². The van der Waals surface area contributed by atoms with Crippen LogP contribution < -0.4 is 14.2 Å². The molecule has 0 saturated carbocycles. The number of nitrogens with zero attached hydrogens (tertiary/aromatic N) is 1. The average Bonchev–Trinajstić information content (AvgIpc) is 2.88. The van der Waals surface area contributed by atoms with Crippen molar-refractivity contribution in [3.05, 3.63) is 48.3 Å². The molecule has 0 N–H and O–H groups in total. The predicted molar refractivity (Wildman–Crippen MR) is 137 cm³/mol. The minimum atomic E-state index is -0.782. The zero-order chi connectivity index (χ0) is 27.4. The fourth-order valence-corrected chi connectivity index (χ4v) is 3.71. The number of carbonyl (C=O) groups excluding carboxylic acids is 3. The molecule has 0 aliphatic heterocycles. The van der Waals surface area contributed by atoms with Crippen LogP contribution in [0.15, 0.2) is 42.6 Å². The fraction of sp³-hybridized carbons (Fsp3) is 0.500. The smallest absolute Gasteiger partial charge is 0.309 e. The average molecular weight is 516 g/mol. The topological polar surface area (TPSA) is 110 Å². The summed E-state index contributed by atoms with van der Waals surface area (Å²) in [6.45, 7) is 9.02. The lowest BCUT2D eigenvalue weighted by molar-refractivity contribution is -0.166. The number of esters is 2. The van der Waals surface area contributed by atoms with E-state index in [0.29, 0.717) is 18.8 Å². The summed E-state index contributed by atoms with van der Waals surface area (Å²) in [5.74, 6) is -1.63. The summed E-state index contributed by atoms with van der Waals surface area (Å²) in [5, 5.41) is 0. The van der Waals surface area contributed by atoms with Gasteiger partial charge in [-0.05, 0) is 31.9 Å². The second-order valence-corrected chi connectivity index (χ2v) is 8.67. The van der Waals surface area contributed by atoms with Crippen LogP contribution in [0.25, 0.3) is 0 Å². The Balaban J connectivity index is 2.11. The first-order chi connectivity index (χ1) is 17.7. The summed E-state index contributed by atoms with van der Waals surface area (Å²) in [5.41, 5.74) is -0.0892. The molecular formula is C28H37NO8. The van der Waals surface area contributed by atoms with Crippen molar-refractivity contribution in [2.24, 2.45) is 5.92 Å². The lowest BCUT2D eigenvalue weighted by Crippen LogP contribution is -2.44. The van der Waals surface area contributed by atoms with Gasteiger partial charge in [0.05, 0.1) is 13.0 Å². The van der Waals surface area contributed by atoms with Crippen molar-refractivity contribution >= 4 is 17.7 Å². The third-order valence-corrected chi connectivity index (χ3v) is 5.57. The Morgan fingerprint density at radius 2 is 1.73 bits per heavy atom. The standard InChI is InChI=1S/C28H37NO8/c1-7-16-34-26(23(8-2)37-21-12-10-9-11-13-21)19(4)35-28(32)18(3)17-22(31)25-27(36-20(5)30)24(33-6)14-15-29-25/h9-15,18-19,23,26H,7-8,16-17H2,1-6H3/t18-,19+,23+,26+/m1/s1. The van der Waals surface area contributed by atoms with Gasteiger partial charge in [-0.25, -0.2) is 4.98 Å².